The number of methoxy groups -OCH3 is 1. The second kappa shape index (κ2) is 7.34. The zero-order chi connectivity index (χ0) is 15.9. The SMILES string of the molecule is COc1cc(C#N)ccc1OCC(=O)Nc1ccc(Cl)cc1. The molecule has 0 aliphatic heterocycles. The third-order valence-corrected chi connectivity index (χ3v) is 3.03. The molecule has 2 aromatic rings. The van der Waals surface area contributed by atoms with E-state index in [4.69, 9.17) is 26.3 Å². The summed E-state index contributed by atoms with van der Waals surface area (Å²) < 4.78 is 10.5. The van der Waals surface area contributed by atoms with E-state index in [1.165, 1.54) is 7.11 Å². The van der Waals surface area contributed by atoms with Gasteiger partial charge < -0.3 is 14.8 Å². The molecular weight excluding hydrogens is 304 g/mol. The van der Waals surface area contributed by atoms with Gasteiger partial charge in [0.25, 0.3) is 5.91 Å². The maximum atomic E-state index is 11.8. The van der Waals surface area contributed by atoms with Gasteiger partial charge in [-0.25, -0.2) is 0 Å². The van der Waals surface area contributed by atoms with Crippen molar-refractivity contribution in [3.63, 3.8) is 0 Å². The number of carbonyl (C=O) groups excluding carboxylic acids is 1. The summed E-state index contributed by atoms with van der Waals surface area (Å²) in [6.07, 6.45) is 0. The quantitative estimate of drug-likeness (QED) is 0.919. The number of carbonyl (C=O) groups is 1. The predicted molar refractivity (Wildman–Crippen MR) is 83.3 cm³/mol. The van der Waals surface area contributed by atoms with Gasteiger partial charge in [-0.05, 0) is 36.4 Å². The molecule has 0 heterocycles. The summed E-state index contributed by atoms with van der Waals surface area (Å²) in [6.45, 7) is -0.176. The summed E-state index contributed by atoms with van der Waals surface area (Å²) in [5.74, 6) is 0.486. The van der Waals surface area contributed by atoms with Gasteiger partial charge >= 0.3 is 0 Å². The van der Waals surface area contributed by atoms with Crippen molar-refractivity contribution < 1.29 is 14.3 Å². The Labute approximate surface area is 133 Å². The van der Waals surface area contributed by atoms with Crippen LogP contribution in [0, 0.1) is 11.3 Å². The second-order valence-corrected chi connectivity index (χ2v) is 4.76. The van der Waals surface area contributed by atoms with Crippen LogP contribution in [0.5, 0.6) is 11.5 Å². The molecule has 112 valence electrons. The monoisotopic (exact) mass is 316 g/mol. The second-order valence-electron chi connectivity index (χ2n) is 4.32. The van der Waals surface area contributed by atoms with Crippen molar-refractivity contribution in [1.29, 1.82) is 5.26 Å². The molecule has 2 aromatic carbocycles. The average molecular weight is 317 g/mol. The molecule has 0 spiro atoms. The number of rotatable bonds is 5. The van der Waals surface area contributed by atoms with Crippen LogP contribution in [0.4, 0.5) is 5.69 Å². The van der Waals surface area contributed by atoms with E-state index in [1.54, 1.807) is 42.5 Å². The number of hydrogen-bond acceptors (Lipinski definition) is 4. The van der Waals surface area contributed by atoms with Crippen molar-refractivity contribution in [3.05, 3.63) is 53.1 Å². The van der Waals surface area contributed by atoms with Gasteiger partial charge in [-0.3, -0.25) is 4.79 Å². The van der Waals surface area contributed by atoms with Crippen LogP contribution in [-0.2, 0) is 4.79 Å². The van der Waals surface area contributed by atoms with Crippen LogP contribution >= 0.6 is 11.6 Å². The van der Waals surface area contributed by atoms with Crippen LogP contribution < -0.4 is 14.8 Å². The number of nitrogens with one attached hydrogen (secondary N) is 1. The number of anilines is 1. The van der Waals surface area contributed by atoms with Gasteiger partial charge in [0.2, 0.25) is 0 Å². The fourth-order valence-electron chi connectivity index (χ4n) is 1.73. The van der Waals surface area contributed by atoms with Crippen molar-refractivity contribution in [2.75, 3.05) is 19.0 Å². The van der Waals surface area contributed by atoms with E-state index in [0.29, 0.717) is 27.8 Å². The Morgan fingerprint density at radius 1 is 1.23 bits per heavy atom. The molecule has 0 unspecified atom stereocenters. The molecule has 1 amide bonds. The molecule has 0 radical (unpaired) electrons. The maximum absolute atomic E-state index is 11.8. The Hall–Kier alpha value is -2.71. The van der Waals surface area contributed by atoms with Crippen molar-refractivity contribution in [2.24, 2.45) is 0 Å². The van der Waals surface area contributed by atoms with Gasteiger partial charge in [-0.15, -0.1) is 0 Å². The number of benzene rings is 2. The minimum Gasteiger partial charge on any atom is -0.493 e. The lowest BCUT2D eigenvalue weighted by molar-refractivity contribution is -0.118. The van der Waals surface area contributed by atoms with Gasteiger partial charge in [0.05, 0.1) is 18.7 Å². The van der Waals surface area contributed by atoms with Crippen LogP contribution in [0.15, 0.2) is 42.5 Å². The van der Waals surface area contributed by atoms with Crippen LogP contribution in [0.25, 0.3) is 0 Å². The van der Waals surface area contributed by atoms with Crippen molar-refractivity contribution >= 4 is 23.2 Å². The molecule has 0 saturated carbocycles. The molecular formula is C16H13ClN2O3. The third kappa shape index (κ3) is 4.14. The highest BCUT2D eigenvalue weighted by Gasteiger charge is 2.09. The predicted octanol–water partition coefficient (Wildman–Crippen LogP) is 3.24. The lowest BCUT2D eigenvalue weighted by Crippen LogP contribution is -2.20. The molecule has 0 atom stereocenters. The normalized spacial score (nSPS) is 9.68. The molecule has 6 heteroatoms. The molecule has 0 fully saturated rings. The molecule has 0 bridgehead atoms. The zero-order valence-electron chi connectivity index (χ0n) is 11.8. The fraction of sp³-hybridized carbons (Fsp3) is 0.125. The Balaban J connectivity index is 1.96. The van der Waals surface area contributed by atoms with E-state index in [1.807, 2.05) is 6.07 Å². The Bertz CT molecular complexity index is 708. The van der Waals surface area contributed by atoms with E-state index >= 15 is 0 Å². The number of amides is 1. The smallest absolute Gasteiger partial charge is 0.262 e. The van der Waals surface area contributed by atoms with Crippen molar-refractivity contribution in [3.8, 4) is 17.6 Å². The Kier molecular flexibility index (Phi) is 5.23. The van der Waals surface area contributed by atoms with E-state index < -0.39 is 0 Å². The average Bonchev–Trinajstić information content (AvgIpc) is 2.55. The summed E-state index contributed by atoms with van der Waals surface area (Å²) in [6, 6.07) is 13.5. The highest BCUT2D eigenvalue weighted by atomic mass is 35.5. The molecule has 0 aromatic heterocycles. The van der Waals surface area contributed by atoms with Crippen LogP contribution in [0.2, 0.25) is 5.02 Å². The number of hydrogen-bond donors (Lipinski definition) is 1. The summed E-state index contributed by atoms with van der Waals surface area (Å²) in [4.78, 5) is 11.8. The van der Waals surface area contributed by atoms with E-state index in [9.17, 15) is 4.79 Å². The topological polar surface area (TPSA) is 71.3 Å². The largest absolute Gasteiger partial charge is 0.493 e. The van der Waals surface area contributed by atoms with Gasteiger partial charge in [-0.1, -0.05) is 11.6 Å². The molecule has 0 aliphatic rings. The highest BCUT2D eigenvalue weighted by Crippen LogP contribution is 2.27. The first kappa shape index (κ1) is 15.7. The first-order valence-corrected chi connectivity index (χ1v) is 6.76. The van der Waals surface area contributed by atoms with E-state index in [-0.39, 0.29) is 12.5 Å². The molecule has 2 rings (SSSR count). The van der Waals surface area contributed by atoms with Crippen LogP contribution in [-0.4, -0.2) is 19.6 Å². The number of nitrogens with zero attached hydrogens (tertiary/aromatic N) is 1. The lowest BCUT2D eigenvalue weighted by Gasteiger charge is -2.11. The van der Waals surface area contributed by atoms with E-state index in [0.717, 1.165) is 0 Å². The van der Waals surface area contributed by atoms with Crippen LogP contribution in [0.1, 0.15) is 5.56 Å². The number of ether oxygens (including phenoxy) is 2. The van der Waals surface area contributed by atoms with E-state index in [2.05, 4.69) is 5.32 Å². The summed E-state index contributed by atoms with van der Waals surface area (Å²) >= 11 is 5.77. The van der Waals surface area contributed by atoms with Gasteiger partial charge in [-0.2, -0.15) is 5.26 Å². The number of halogens is 1. The molecule has 5 nitrogen and oxygen atoms in total. The summed E-state index contributed by atoms with van der Waals surface area (Å²) in [5.41, 5.74) is 1.08. The van der Waals surface area contributed by atoms with Gasteiger partial charge in [0.15, 0.2) is 18.1 Å². The molecule has 0 aliphatic carbocycles. The Morgan fingerprint density at radius 3 is 2.59 bits per heavy atom. The number of nitriles is 1. The standard InChI is InChI=1S/C16H13ClN2O3/c1-21-15-8-11(9-18)2-7-14(15)22-10-16(20)19-13-5-3-12(17)4-6-13/h2-8H,10H2,1H3,(H,19,20). The van der Waals surface area contributed by atoms with Crippen molar-refractivity contribution in [2.45, 2.75) is 0 Å². The summed E-state index contributed by atoms with van der Waals surface area (Å²) in [7, 11) is 1.47. The third-order valence-electron chi connectivity index (χ3n) is 2.78. The van der Waals surface area contributed by atoms with Crippen molar-refractivity contribution in [1.82, 2.24) is 0 Å². The molecule has 22 heavy (non-hydrogen) atoms. The van der Waals surface area contributed by atoms with Gasteiger partial charge in [0, 0.05) is 16.8 Å². The maximum Gasteiger partial charge on any atom is 0.262 e. The molecule has 0 saturated heterocycles. The highest BCUT2D eigenvalue weighted by molar-refractivity contribution is 6.30. The van der Waals surface area contributed by atoms with Gasteiger partial charge in [0.1, 0.15) is 0 Å². The minimum absolute atomic E-state index is 0.176. The molecule has 1 N–H and O–H groups in total. The Morgan fingerprint density at radius 2 is 1.95 bits per heavy atom. The minimum atomic E-state index is -0.311. The first-order valence-electron chi connectivity index (χ1n) is 6.38. The lowest BCUT2D eigenvalue weighted by atomic mass is 10.2. The fourth-order valence-corrected chi connectivity index (χ4v) is 1.86. The summed E-state index contributed by atoms with van der Waals surface area (Å²) in [5, 5.41) is 12.1. The first-order chi connectivity index (χ1) is 10.6. The zero-order valence-corrected chi connectivity index (χ0v) is 12.6. The van der Waals surface area contributed by atoms with Crippen LogP contribution in [0.3, 0.4) is 0 Å².